The van der Waals surface area contributed by atoms with Crippen molar-refractivity contribution in [2.24, 2.45) is 23.7 Å². The van der Waals surface area contributed by atoms with Gasteiger partial charge in [0.05, 0.1) is 29.0 Å². The van der Waals surface area contributed by atoms with E-state index in [9.17, 15) is 24.9 Å². The molecule has 0 aromatic rings. The summed E-state index contributed by atoms with van der Waals surface area (Å²) < 4.78 is 17.2. The van der Waals surface area contributed by atoms with Crippen molar-refractivity contribution in [3.8, 4) is 0 Å². The minimum Gasteiger partial charge on any atom is -0.462 e. The second kappa shape index (κ2) is 5.90. The molecule has 4 aliphatic rings. The Hall–Kier alpha value is -1.22. The molecule has 2 aliphatic carbocycles. The van der Waals surface area contributed by atoms with Gasteiger partial charge in [-0.25, -0.2) is 0 Å². The normalized spacial score (nSPS) is 55.4. The van der Waals surface area contributed by atoms with Crippen LogP contribution in [0.5, 0.6) is 0 Å². The zero-order valence-corrected chi connectivity index (χ0v) is 16.9. The molecule has 0 unspecified atom stereocenters. The van der Waals surface area contributed by atoms with Gasteiger partial charge in [0, 0.05) is 12.3 Å². The Morgan fingerprint density at radius 2 is 2.00 bits per heavy atom. The fraction of sp³-hybridized carbons (Fsp3) is 0.900. The number of carbonyl (C=O) groups is 2. The maximum atomic E-state index is 12.5. The van der Waals surface area contributed by atoms with Crippen molar-refractivity contribution < 1.29 is 39.1 Å². The summed E-state index contributed by atoms with van der Waals surface area (Å²) in [5.74, 6) is -3.09. The highest BCUT2D eigenvalue weighted by Gasteiger charge is 2.87. The fourth-order valence-corrected chi connectivity index (χ4v) is 5.82. The summed E-state index contributed by atoms with van der Waals surface area (Å²) in [6, 6.07) is 0. The zero-order valence-electron chi connectivity index (χ0n) is 16.9. The molecule has 0 aromatic carbocycles. The van der Waals surface area contributed by atoms with Crippen LogP contribution in [0.4, 0.5) is 0 Å². The molecule has 0 radical (unpaired) electrons. The lowest BCUT2D eigenvalue weighted by Gasteiger charge is -2.40. The molecule has 158 valence electrons. The topological polar surface area (TPSA) is 126 Å². The molecule has 0 amide bonds. The maximum Gasteiger partial charge on any atom is 0.309 e. The Morgan fingerprint density at radius 1 is 1.36 bits per heavy atom. The minimum atomic E-state index is -1.62. The van der Waals surface area contributed by atoms with Gasteiger partial charge in [0.1, 0.15) is 30.0 Å². The summed E-state index contributed by atoms with van der Waals surface area (Å²) in [7, 11) is 0. The van der Waals surface area contributed by atoms with Gasteiger partial charge in [-0.15, -0.1) is 0 Å². The third-order valence-electron chi connectivity index (χ3n) is 7.73. The third-order valence-corrected chi connectivity index (χ3v) is 7.73. The van der Waals surface area contributed by atoms with Gasteiger partial charge in [-0.3, -0.25) is 9.59 Å². The summed E-state index contributed by atoms with van der Waals surface area (Å²) >= 11 is 0. The van der Waals surface area contributed by atoms with E-state index in [4.69, 9.17) is 14.2 Å². The van der Waals surface area contributed by atoms with Gasteiger partial charge >= 0.3 is 11.9 Å². The molecule has 0 bridgehead atoms. The van der Waals surface area contributed by atoms with Gasteiger partial charge in [0.25, 0.3) is 0 Å². The number of hydrogen-bond donors (Lipinski definition) is 3. The van der Waals surface area contributed by atoms with Gasteiger partial charge in [-0.2, -0.15) is 0 Å². The maximum absolute atomic E-state index is 12.5. The van der Waals surface area contributed by atoms with Crippen molar-refractivity contribution in [3.63, 3.8) is 0 Å². The number of carbonyl (C=O) groups excluding carboxylic acids is 2. The monoisotopic (exact) mass is 398 g/mol. The van der Waals surface area contributed by atoms with E-state index in [1.165, 1.54) is 6.92 Å². The molecule has 3 N–H and O–H groups in total. The first-order chi connectivity index (χ1) is 12.9. The van der Waals surface area contributed by atoms with Crippen molar-refractivity contribution in [2.45, 2.75) is 88.7 Å². The number of aliphatic hydroxyl groups excluding tert-OH is 1. The first-order valence-electron chi connectivity index (χ1n) is 10.1. The number of aliphatic hydroxyl groups is 3. The molecule has 2 aliphatic heterocycles. The minimum absolute atomic E-state index is 0.0348. The van der Waals surface area contributed by atoms with Crippen LogP contribution >= 0.6 is 0 Å². The van der Waals surface area contributed by atoms with Gasteiger partial charge < -0.3 is 29.5 Å². The first kappa shape index (κ1) is 20.1. The summed E-state index contributed by atoms with van der Waals surface area (Å²) in [5, 5.41) is 33.0. The molecule has 8 nitrogen and oxygen atoms in total. The Balaban J connectivity index is 1.78. The molecular weight excluding hydrogens is 368 g/mol. The molecule has 8 heteroatoms. The Bertz CT molecular complexity index is 702. The molecule has 0 aromatic heterocycles. The number of esters is 2. The lowest BCUT2D eigenvalue weighted by atomic mass is 9.72. The summed E-state index contributed by atoms with van der Waals surface area (Å²) in [4.78, 5) is 24.9. The highest BCUT2D eigenvalue weighted by molar-refractivity contribution is 5.76. The van der Waals surface area contributed by atoms with Gasteiger partial charge in [-0.1, -0.05) is 20.8 Å². The van der Waals surface area contributed by atoms with Crippen molar-refractivity contribution in [1.82, 2.24) is 0 Å². The van der Waals surface area contributed by atoms with Crippen LogP contribution in [0.25, 0.3) is 0 Å². The number of hydrogen-bond acceptors (Lipinski definition) is 8. The van der Waals surface area contributed by atoms with Crippen LogP contribution in [-0.4, -0.2) is 68.5 Å². The van der Waals surface area contributed by atoms with Crippen LogP contribution in [0.3, 0.4) is 0 Å². The molecule has 11 atom stereocenters. The molecule has 2 saturated carbocycles. The van der Waals surface area contributed by atoms with Crippen LogP contribution in [0.2, 0.25) is 0 Å². The largest absolute Gasteiger partial charge is 0.462 e. The van der Waals surface area contributed by atoms with Crippen LogP contribution in [0, 0.1) is 23.7 Å². The molecule has 2 heterocycles. The van der Waals surface area contributed by atoms with E-state index in [1.54, 1.807) is 20.8 Å². The standard InChI is InChI=1S/C20H30O8/c1-6-8(2)16(22)26-10-7-18(4,24)20-13(12-11(10)9(3)17(23)27-12)19(5,25)14(21)15(20)28-20/h8-15,21,24-25H,6-7H2,1-5H3/t8-,9+,10+,11-,12+,13+,14+,15-,18-,19+,20+/m1/s1. The number of epoxide rings is 1. The Labute approximate surface area is 164 Å². The molecule has 28 heavy (non-hydrogen) atoms. The lowest BCUT2D eigenvalue weighted by Crippen LogP contribution is -2.56. The summed E-state index contributed by atoms with van der Waals surface area (Å²) in [5.41, 5.74) is -4.35. The summed E-state index contributed by atoms with van der Waals surface area (Å²) in [6.07, 6.45) is -2.92. The lowest BCUT2D eigenvalue weighted by molar-refractivity contribution is -0.178. The van der Waals surface area contributed by atoms with Gasteiger partial charge in [-0.05, 0) is 20.3 Å². The smallest absolute Gasteiger partial charge is 0.309 e. The highest BCUT2D eigenvalue weighted by atomic mass is 16.7. The van der Waals surface area contributed by atoms with Gasteiger partial charge in [0.2, 0.25) is 0 Å². The predicted octanol–water partition coefficient (Wildman–Crippen LogP) is 0.156. The quantitative estimate of drug-likeness (QED) is 0.453. The van der Waals surface area contributed by atoms with Crippen LogP contribution in [0.1, 0.15) is 47.5 Å². The molecule has 4 rings (SSSR count). The SMILES string of the molecule is CC[C@@H](C)C(=O)O[C@H]1C[C@@](C)(O)[C@@]23O[C@@H]2[C@H](O)[C@@](C)(O)[C@@H]3[C@H]2OC(=O)[C@@H](C)[C@@H]21. The number of fused-ring (bicyclic) bond motifs is 2. The average molecular weight is 398 g/mol. The zero-order chi connectivity index (χ0) is 20.8. The van der Waals surface area contributed by atoms with E-state index in [-0.39, 0.29) is 12.3 Å². The van der Waals surface area contributed by atoms with E-state index in [2.05, 4.69) is 0 Å². The van der Waals surface area contributed by atoms with Crippen molar-refractivity contribution in [3.05, 3.63) is 0 Å². The molecule has 2 saturated heterocycles. The highest BCUT2D eigenvalue weighted by Crippen LogP contribution is 2.68. The van der Waals surface area contributed by atoms with Crippen molar-refractivity contribution in [2.75, 3.05) is 0 Å². The number of ether oxygens (including phenoxy) is 3. The number of rotatable bonds is 3. The van der Waals surface area contributed by atoms with E-state index >= 15 is 0 Å². The first-order valence-corrected chi connectivity index (χ1v) is 10.1. The molecular formula is C20H30O8. The van der Waals surface area contributed by atoms with Crippen molar-refractivity contribution in [1.29, 1.82) is 0 Å². The van der Waals surface area contributed by atoms with E-state index < -0.39 is 70.9 Å². The predicted molar refractivity (Wildman–Crippen MR) is 94.8 cm³/mol. The van der Waals surface area contributed by atoms with Gasteiger partial charge in [0.15, 0.2) is 0 Å². The Kier molecular flexibility index (Phi) is 4.23. The van der Waals surface area contributed by atoms with Crippen LogP contribution in [-0.2, 0) is 23.8 Å². The second-order valence-electron chi connectivity index (χ2n) is 9.51. The van der Waals surface area contributed by atoms with E-state index in [1.807, 2.05) is 6.92 Å². The van der Waals surface area contributed by atoms with E-state index in [0.29, 0.717) is 6.42 Å². The van der Waals surface area contributed by atoms with Crippen LogP contribution in [0.15, 0.2) is 0 Å². The summed E-state index contributed by atoms with van der Waals surface area (Å²) in [6.45, 7) is 8.41. The second-order valence-corrected chi connectivity index (χ2v) is 9.51. The van der Waals surface area contributed by atoms with E-state index in [0.717, 1.165) is 0 Å². The van der Waals surface area contributed by atoms with Crippen LogP contribution < -0.4 is 0 Å². The fourth-order valence-electron chi connectivity index (χ4n) is 5.82. The molecule has 4 fully saturated rings. The third kappa shape index (κ3) is 2.32. The average Bonchev–Trinajstić information content (AvgIpc) is 3.25. The van der Waals surface area contributed by atoms with Crippen molar-refractivity contribution >= 4 is 11.9 Å². The molecule has 1 spiro atoms. The Morgan fingerprint density at radius 3 is 2.61 bits per heavy atom.